The topological polar surface area (TPSA) is 87.2 Å². The molecule has 0 aliphatic rings. The van der Waals surface area contributed by atoms with Crippen molar-refractivity contribution in [1.82, 2.24) is 9.97 Å². The van der Waals surface area contributed by atoms with Crippen molar-refractivity contribution in [2.24, 2.45) is 0 Å². The van der Waals surface area contributed by atoms with Crippen LogP contribution < -0.4 is 14.9 Å². The van der Waals surface area contributed by atoms with Gasteiger partial charge in [0.05, 0.1) is 5.75 Å². The monoisotopic (exact) mass is 459 g/mol. The van der Waals surface area contributed by atoms with E-state index in [0.29, 0.717) is 27.9 Å². The van der Waals surface area contributed by atoms with E-state index < -0.39 is 10.0 Å². The zero-order chi connectivity index (χ0) is 22.4. The molecule has 1 aromatic heterocycles. The molecule has 0 radical (unpaired) electrons. The summed E-state index contributed by atoms with van der Waals surface area (Å²) in [5.74, 6) is 2.11. The molecule has 0 amide bonds. The van der Waals surface area contributed by atoms with Crippen LogP contribution in [0.15, 0.2) is 54.6 Å². The number of benzene rings is 2. The number of halogens is 1. The summed E-state index contributed by atoms with van der Waals surface area (Å²) >= 11 is 5.85. The maximum Gasteiger partial charge on any atom is 0.236 e. The number of aromatic nitrogens is 2. The van der Waals surface area contributed by atoms with E-state index in [9.17, 15) is 8.42 Å². The number of aryl methyl sites for hydroxylation is 1. The van der Waals surface area contributed by atoms with Gasteiger partial charge < -0.3 is 10.2 Å². The minimum absolute atomic E-state index is 0.126. The van der Waals surface area contributed by atoms with Gasteiger partial charge in [-0.3, -0.25) is 4.72 Å². The average molecular weight is 460 g/mol. The normalized spacial score (nSPS) is 11.2. The van der Waals surface area contributed by atoms with Crippen molar-refractivity contribution in [3.8, 4) is 0 Å². The van der Waals surface area contributed by atoms with Crippen LogP contribution in [0, 0.1) is 6.92 Å². The van der Waals surface area contributed by atoms with Crippen molar-refractivity contribution in [1.29, 1.82) is 0 Å². The third-order valence-corrected chi connectivity index (χ3v) is 6.12. The second-order valence-corrected chi connectivity index (χ2v) is 9.18. The van der Waals surface area contributed by atoms with Gasteiger partial charge in [0.15, 0.2) is 0 Å². The summed E-state index contributed by atoms with van der Waals surface area (Å²) < 4.78 is 27.5. The summed E-state index contributed by atoms with van der Waals surface area (Å²) in [6.07, 6.45) is 0. The predicted molar refractivity (Wildman–Crippen MR) is 128 cm³/mol. The fourth-order valence-corrected chi connectivity index (χ4v) is 4.44. The molecule has 0 aliphatic carbocycles. The number of sulfonamides is 1. The van der Waals surface area contributed by atoms with Crippen molar-refractivity contribution in [3.63, 3.8) is 0 Å². The van der Waals surface area contributed by atoms with E-state index in [1.807, 2.05) is 13.0 Å². The van der Waals surface area contributed by atoms with Crippen molar-refractivity contribution < 1.29 is 8.42 Å². The van der Waals surface area contributed by atoms with E-state index in [-0.39, 0.29) is 5.75 Å². The lowest BCUT2D eigenvalue weighted by Gasteiger charge is -2.20. The summed E-state index contributed by atoms with van der Waals surface area (Å²) in [5.41, 5.74) is 1.95. The van der Waals surface area contributed by atoms with Crippen molar-refractivity contribution in [3.05, 3.63) is 71.0 Å². The Kier molecular flexibility index (Phi) is 7.35. The van der Waals surface area contributed by atoms with Gasteiger partial charge in [-0.15, -0.1) is 0 Å². The Bertz CT molecular complexity index is 1120. The second-order valence-electron chi connectivity index (χ2n) is 7.02. The Morgan fingerprint density at radius 2 is 1.55 bits per heavy atom. The molecule has 0 atom stereocenters. The molecule has 0 saturated carbocycles. The van der Waals surface area contributed by atoms with Crippen molar-refractivity contribution in [2.45, 2.75) is 26.5 Å². The Hall–Kier alpha value is -2.84. The highest BCUT2D eigenvalue weighted by Gasteiger charge is 2.12. The van der Waals surface area contributed by atoms with Gasteiger partial charge >= 0.3 is 0 Å². The Labute approximate surface area is 188 Å². The molecule has 1 heterocycles. The largest absolute Gasteiger partial charge is 0.357 e. The lowest BCUT2D eigenvalue weighted by atomic mass is 10.2. The summed E-state index contributed by atoms with van der Waals surface area (Å²) in [4.78, 5) is 11.1. The standard InChI is InChI=1S/C22H26ClN5O2S/c1-4-28(5-2)22-14-21(24-16(3)25-22)26-19-10-12-20(13-11-19)27-31(29,30)15-17-6-8-18(23)9-7-17/h6-14,27H,4-5,15H2,1-3H3,(H,24,25,26). The molecular formula is C22H26ClN5O2S. The van der Waals surface area contributed by atoms with Crippen LogP contribution >= 0.6 is 11.6 Å². The summed E-state index contributed by atoms with van der Waals surface area (Å²) in [5, 5.41) is 3.83. The first kappa shape index (κ1) is 22.8. The third kappa shape index (κ3) is 6.57. The maximum absolute atomic E-state index is 12.4. The number of hydrogen-bond donors (Lipinski definition) is 2. The molecule has 0 saturated heterocycles. The van der Waals surface area contributed by atoms with Crippen LogP contribution in [-0.4, -0.2) is 31.5 Å². The molecule has 0 bridgehead atoms. The van der Waals surface area contributed by atoms with E-state index in [0.717, 1.165) is 24.6 Å². The average Bonchev–Trinajstić information content (AvgIpc) is 2.71. The van der Waals surface area contributed by atoms with Gasteiger partial charge in [0, 0.05) is 35.6 Å². The fraction of sp³-hybridized carbons (Fsp3) is 0.273. The van der Waals surface area contributed by atoms with Gasteiger partial charge in [0.2, 0.25) is 10.0 Å². The summed E-state index contributed by atoms with van der Waals surface area (Å²) in [6, 6.07) is 15.7. The highest BCUT2D eigenvalue weighted by atomic mass is 35.5. The first-order valence-electron chi connectivity index (χ1n) is 10.0. The zero-order valence-corrected chi connectivity index (χ0v) is 19.3. The molecule has 0 spiro atoms. The molecule has 2 N–H and O–H groups in total. The predicted octanol–water partition coefficient (Wildman–Crippen LogP) is 4.97. The van der Waals surface area contributed by atoms with Crippen LogP contribution in [0.2, 0.25) is 5.02 Å². The van der Waals surface area contributed by atoms with E-state index >= 15 is 0 Å². The van der Waals surface area contributed by atoms with Gasteiger partial charge in [0.1, 0.15) is 17.5 Å². The minimum Gasteiger partial charge on any atom is -0.357 e. The van der Waals surface area contributed by atoms with Crippen LogP contribution in [0.5, 0.6) is 0 Å². The van der Waals surface area contributed by atoms with Crippen molar-refractivity contribution in [2.75, 3.05) is 28.0 Å². The van der Waals surface area contributed by atoms with Crippen molar-refractivity contribution >= 4 is 44.6 Å². The highest BCUT2D eigenvalue weighted by Crippen LogP contribution is 2.22. The molecule has 3 aromatic rings. The SMILES string of the molecule is CCN(CC)c1cc(Nc2ccc(NS(=O)(=O)Cc3ccc(Cl)cc3)cc2)nc(C)n1. The highest BCUT2D eigenvalue weighted by molar-refractivity contribution is 7.91. The second kappa shape index (κ2) is 9.98. The Morgan fingerprint density at radius 1 is 0.935 bits per heavy atom. The lowest BCUT2D eigenvalue weighted by molar-refractivity contribution is 0.600. The van der Waals surface area contributed by atoms with Gasteiger partial charge in [-0.05, 0) is 62.7 Å². The number of rotatable bonds is 9. The van der Waals surface area contributed by atoms with Crippen LogP contribution in [0.4, 0.5) is 23.0 Å². The lowest BCUT2D eigenvalue weighted by Crippen LogP contribution is -2.23. The molecular weight excluding hydrogens is 434 g/mol. The maximum atomic E-state index is 12.4. The Morgan fingerprint density at radius 3 is 2.16 bits per heavy atom. The third-order valence-electron chi connectivity index (χ3n) is 4.61. The molecule has 164 valence electrons. The number of anilines is 4. The van der Waals surface area contributed by atoms with Gasteiger partial charge in [0.25, 0.3) is 0 Å². The molecule has 0 fully saturated rings. The number of nitrogens with one attached hydrogen (secondary N) is 2. The first-order chi connectivity index (χ1) is 14.8. The quantitative estimate of drug-likeness (QED) is 0.469. The minimum atomic E-state index is -3.54. The molecule has 3 rings (SSSR count). The van der Waals surface area contributed by atoms with E-state index in [4.69, 9.17) is 11.6 Å². The molecule has 0 unspecified atom stereocenters. The summed E-state index contributed by atoms with van der Waals surface area (Å²) in [6.45, 7) is 7.74. The molecule has 9 heteroatoms. The summed E-state index contributed by atoms with van der Waals surface area (Å²) in [7, 11) is -3.54. The van der Waals surface area contributed by atoms with Crippen LogP contribution in [0.25, 0.3) is 0 Å². The van der Waals surface area contributed by atoms with E-state index in [1.165, 1.54) is 0 Å². The zero-order valence-electron chi connectivity index (χ0n) is 17.8. The molecule has 2 aromatic carbocycles. The molecule has 7 nitrogen and oxygen atoms in total. The first-order valence-corrected chi connectivity index (χ1v) is 12.0. The number of nitrogens with zero attached hydrogens (tertiary/aromatic N) is 3. The molecule has 31 heavy (non-hydrogen) atoms. The molecule has 0 aliphatic heterocycles. The Balaban J connectivity index is 1.68. The number of hydrogen-bond acceptors (Lipinski definition) is 6. The van der Waals surface area contributed by atoms with Crippen LogP contribution in [-0.2, 0) is 15.8 Å². The van der Waals surface area contributed by atoms with E-state index in [1.54, 1.807) is 48.5 Å². The van der Waals surface area contributed by atoms with Crippen LogP contribution in [0.3, 0.4) is 0 Å². The van der Waals surface area contributed by atoms with Gasteiger partial charge in [-0.2, -0.15) is 0 Å². The smallest absolute Gasteiger partial charge is 0.236 e. The van der Waals surface area contributed by atoms with E-state index in [2.05, 4.69) is 38.8 Å². The fourth-order valence-electron chi connectivity index (χ4n) is 3.11. The van der Waals surface area contributed by atoms with Gasteiger partial charge in [-0.1, -0.05) is 23.7 Å². The van der Waals surface area contributed by atoms with Crippen LogP contribution in [0.1, 0.15) is 25.2 Å². The van der Waals surface area contributed by atoms with Gasteiger partial charge in [-0.25, -0.2) is 18.4 Å².